The molecule has 12 nitrogen and oxygen atoms in total. The second-order valence-electron chi connectivity index (χ2n) is 15.2. The number of hydrogen-bond donors (Lipinski definition) is 5. The van der Waals surface area contributed by atoms with Gasteiger partial charge in [-0.15, -0.1) is 23.5 Å². The molecule has 73 heavy (non-hydrogen) atoms. The molecule has 0 aromatic heterocycles. The molecule has 0 aromatic rings. The van der Waals surface area contributed by atoms with Crippen molar-refractivity contribution in [3.8, 4) is 0 Å². The maximum absolute atomic E-state index is 4.80. The molecule has 13 rings (SSSR count). The van der Waals surface area contributed by atoms with E-state index in [-0.39, 0.29) is 0 Å². The average Bonchev–Trinajstić information content (AvgIpc) is 4.38. The fourth-order valence-electron chi connectivity index (χ4n) is 5.29. The highest BCUT2D eigenvalue weighted by atomic mass is 32.2. The Balaban J connectivity index is 0.000000396. The summed E-state index contributed by atoms with van der Waals surface area (Å²) in [6.45, 7) is 6.07. The van der Waals surface area contributed by atoms with Crippen molar-refractivity contribution in [2.24, 2.45) is 15.4 Å². The van der Waals surface area contributed by atoms with Gasteiger partial charge in [-0.1, -0.05) is 108 Å². The summed E-state index contributed by atoms with van der Waals surface area (Å²) in [4.78, 5) is 9.01. The molecule has 0 spiro atoms. The van der Waals surface area contributed by atoms with Gasteiger partial charge in [-0.05, 0) is 142 Å². The highest BCUT2D eigenvalue weighted by Crippen LogP contribution is 2.10. The van der Waals surface area contributed by atoms with E-state index in [9.17, 15) is 0 Å². The fraction of sp³-hybridized carbons (Fsp3) is 0.373. The number of hydrazone groups is 2. The number of thioether (sulfide) groups is 2. The lowest BCUT2D eigenvalue weighted by Crippen LogP contribution is -2.04. The molecule has 10 heterocycles. The molecule has 0 bridgehead atoms. The number of rotatable bonds is 0. The van der Waals surface area contributed by atoms with Gasteiger partial charge in [0.25, 0.3) is 0 Å². The van der Waals surface area contributed by atoms with Crippen LogP contribution in [0.15, 0.2) is 221 Å². The molecule has 5 N–H and O–H groups in total. The predicted molar refractivity (Wildman–Crippen MR) is 319 cm³/mol. The Hall–Kier alpha value is -6.35. The van der Waals surface area contributed by atoms with E-state index >= 15 is 0 Å². The molecule has 0 saturated heterocycles. The van der Waals surface area contributed by atoms with E-state index in [2.05, 4.69) is 159 Å². The Kier molecular flexibility index (Phi) is 54.7. The van der Waals surface area contributed by atoms with Crippen molar-refractivity contribution >= 4 is 42.2 Å². The summed E-state index contributed by atoms with van der Waals surface area (Å²) in [5.74, 6) is 1.15. The van der Waals surface area contributed by atoms with Crippen molar-refractivity contribution in [1.29, 1.82) is 0 Å². The quantitative estimate of drug-likeness (QED) is 0.149. The SMILES string of the molecule is C1=CCCC1.C1=CCCC=C1.C1=CCCCC1.C1=CCNC1.C1=CCOC=C1.C1=CCSC=C1.C1=CNCC1.C1=CNOC=C1.C1=COC=CC1.C1=CON=CC1.C1=CSC=CC1.C1=NNCC1.C1=NNCC1. The van der Waals surface area contributed by atoms with E-state index in [4.69, 9.17) is 9.47 Å². The molecule has 14 heteroatoms. The summed E-state index contributed by atoms with van der Waals surface area (Å²) in [7, 11) is 0. The number of allylic oxidation sites excluding steroid dienone is 19. The summed E-state index contributed by atoms with van der Waals surface area (Å²) in [6.07, 6.45) is 85.4. The normalized spacial score (nSPS) is 18.7. The first kappa shape index (κ1) is 64.7. The largest absolute Gasteiger partial charge is 0.497 e. The fourth-order valence-corrected chi connectivity index (χ4v) is 6.36. The van der Waals surface area contributed by atoms with Crippen LogP contribution in [0, 0.1) is 0 Å². The van der Waals surface area contributed by atoms with Gasteiger partial charge in [-0.3, -0.25) is 0 Å². The third-order valence-electron chi connectivity index (χ3n) is 8.96. The van der Waals surface area contributed by atoms with Gasteiger partial charge >= 0.3 is 0 Å². The molecule has 0 saturated carbocycles. The number of nitrogens with zero attached hydrogens (tertiary/aromatic N) is 3. The molecule has 0 atom stereocenters. The number of hydroxylamine groups is 1. The van der Waals surface area contributed by atoms with Crippen LogP contribution in [-0.4, -0.2) is 63.7 Å². The third kappa shape index (κ3) is 59.9. The smallest absolute Gasteiger partial charge is 0.119 e. The Morgan fingerprint density at radius 2 is 1.07 bits per heavy atom. The Morgan fingerprint density at radius 3 is 1.23 bits per heavy atom. The van der Waals surface area contributed by atoms with E-state index in [0.29, 0.717) is 0 Å². The first-order valence-electron chi connectivity index (χ1n) is 25.7. The van der Waals surface area contributed by atoms with Gasteiger partial charge in [0.05, 0.1) is 18.8 Å². The minimum atomic E-state index is 0.733. The van der Waals surface area contributed by atoms with Gasteiger partial charge in [0.1, 0.15) is 19.1 Å². The van der Waals surface area contributed by atoms with Gasteiger partial charge in [0, 0.05) is 82.6 Å². The first-order chi connectivity index (χ1) is 36.5. The Labute approximate surface area is 448 Å². The zero-order valence-electron chi connectivity index (χ0n) is 43.2. The predicted octanol–water partition coefficient (Wildman–Crippen LogP) is 14.2. The van der Waals surface area contributed by atoms with E-state index in [1.807, 2.05) is 79.0 Å². The summed E-state index contributed by atoms with van der Waals surface area (Å²) in [5.41, 5.74) is 8.10. The zero-order valence-corrected chi connectivity index (χ0v) is 44.8. The number of oxime groups is 1. The van der Waals surface area contributed by atoms with E-state index < -0.39 is 0 Å². The van der Waals surface area contributed by atoms with Gasteiger partial charge in [-0.25, -0.2) is 5.48 Å². The monoisotopic (exact) mass is 1030 g/mol. The van der Waals surface area contributed by atoms with Crippen molar-refractivity contribution in [1.82, 2.24) is 27.0 Å². The maximum atomic E-state index is 4.80. The molecule has 13 aliphatic rings. The second-order valence-corrected chi connectivity index (χ2v) is 17.0. The molecular weight excluding hydrogens is 949 g/mol. The second kappa shape index (κ2) is 61.8. The molecule has 0 unspecified atom stereocenters. The molecule has 398 valence electrons. The minimum Gasteiger partial charge on any atom is -0.497 e. The van der Waals surface area contributed by atoms with Crippen LogP contribution in [0.1, 0.15) is 96.3 Å². The molecule has 10 aliphatic heterocycles. The summed E-state index contributed by atoms with van der Waals surface area (Å²) < 4.78 is 9.51. The van der Waals surface area contributed by atoms with Crippen LogP contribution in [0.25, 0.3) is 0 Å². The number of ether oxygens (including phenoxy) is 2. The van der Waals surface area contributed by atoms with Crippen molar-refractivity contribution in [2.45, 2.75) is 96.3 Å². The highest BCUT2D eigenvalue weighted by molar-refractivity contribution is 8.04. The summed E-state index contributed by atoms with van der Waals surface area (Å²) in [5, 5.41) is 23.3. The van der Waals surface area contributed by atoms with Gasteiger partial charge in [0.15, 0.2) is 0 Å². The Bertz CT molecular complexity index is 1470. The molecule has 0 aromatic carbocycles. The lowest BCUT2D eigenvalue weighted by atomic mass is 10.1. The van der Waals surface area contributed by atoms with E-state index in [1.165, 1.54) is 64.2 Å². The van der Waals surface area contributed by atoms with Crippen LogP contribution < -0.4 is 27.0 Å². The molecule has 0 amide bonds. The first-order valence-corrected chi connectivity index (χ1v) is 27.7. The average molecular weight is 1040 g/mol. The lowest BCUT2D eigenvalue weighted by molar-refractivity contribution is 0.172. The van der Waals surface area contributed by atoms with Crippen LogP contribution in [0.5, 0.6) is 0 Å². The molecule has 3 aliphatic carbocycles. The maximum Gasteiger partial charge on any atom is 0.119 e. The van der Waals surface area contributed by atoms with Gasteiger partial charge in [0.2, 0.25) is 0 Å². The lowest BCUT2D eigenvalue weighted by Gasteiger charge is -1.97. The van der Waals surface area contributed by atoms with Crippen molar-refractivity contribution in [3.05, 3.63) is 206 Å². The molecular formula is C59H86N8O4S2. The van der Waals surface area contributed by atoms with Crippen LogP contribution in [0.3, 0.4) is 0 Å². The zero-order chi connectivity index (χ0) is 51.6. The van der Waals surface area contributed by atoms with E-state index in [1.54, 1.807) is 61.6 Å². The topological polar surface area (TPSA) is 134 Å². The van der Waals surface area contributed by atoms with Crippen LogP contribution in [-0.2, 0) is 19.1 Å². The highest BCUT2D eigenvalue weighted by Gasteiger charge is 1.88. The van der Waals surface area contributed by atoms with E-state index in [0.717, 1.165) is 77.2 Å². The minimum absolute atomic E-state index is 0.733. The number of hydrogen-bond acceptors (Lipinski definition) is 14. The molecule has 0 radical (unpaired) electrons. The Morgan fingerprint density at radius 1 is 0.425 bits per heavy atom. The van der Waals surface area contributed by atoms with Crippen LogP contribution >= 0.6 is 23.5 Å². The van der Waals surface area contributed by atoms with Crippen molar-refractivity contribution in [3.63, 3.8) is 0 Å². The van der Waals surface area contributed by atoms with Crippen molar-refractivity contribution < 1.29 is 19.1 Å². The molecule has 0 fully saturated rings. The standard InChI is InChI=1S/C6H10.C6H8.2C5H6O.2C5H6S.C5H8.2C4H5NO.2C4H7N.2C3H6N2/c6*1-2-4-6-5-3-1;1-2-4-5-3-1;2*1-2-4-6-5-3-1;4*1-2-4-5-3-1/h1-2H,3-6H2;1-4H,5-6H2;2-5H,1H2;1-4H,5H2;2-5H,1H2;1-4H,5H2;1-2H,3-5H2;2-4H,1H2;1-5H;1,3,5H,2,4H2;1-2,5H,3-4H2;2*2,5H,1,3H2. The summed E-state index contributed by atoms with van der Waals surface area (Å²) >= 11 is 3.56. The number of nitrogens with one attached hydrogen (secondary N) is 5. The third-order valence-corrected chi connectivity index (χ3v) is 10.4. The van der Waals surface area contributed by atoms with Gasteiger partial charge in [-0.2, -0.15) is 10.2 Å². The summed E-state index contributed by atoms with van der Waals surface area (Å²) in [6, 6.07) is 0. The van der Waals surface area contributed by atoms with Gasteiger partial charge < -0.3 is 40.6 Å². The van der Waals surface area contributed by atoms with Crippen molar-refractivity contribution in [2.75, 3.05) is 45.1 Å². The van der Waals surface area contributed by atoms with Crippen LogP contribution in [0.4, 0.5) is 0 Å². The van der Waals surface area contributed by atoms with Crippen LogP contribution in [0.2, 0.25) is 0 Å².